The number of amides is 1. The number of ether oxygens (including phenoxy) is 1. The van der Waals surface area contributed by atoms with E-state index in [-0.39, 0.29) is 5.91 Å². The minimum absolute atomic E-state index is 0.291. The lowest BCUT2D eigenvalue weighted by molar-refractivity contribution is -0.128. The number of hydrogen-bond acceptors (Lipinski definition) is 4. The fourth-order valence-corrected chi connectivity index (χ4v) is 3.18. The number of carbonyl (C=O) groups excluding carboxylic acids is 1. The maximum absolute atomic E-state index is 13.0. The van der Waals surface area contributed by atoms with Crippen LogP contribution in [0.25, 0.3) is 0 Å². The molecule has 0 saturated carbocycles. The van der Waals surface area contributed by atoms with Gasteiger partial charge in [0.15, 0.2) is 6.10 Å². The summed E-state index contributed by atoms with van der Waals surface area (Å²) in [5, 5.41) is 11.9. The first-order valence-corrected chi connectivity index (χ1v) is 7.43. The van der Waals surface area contributed by atoms with Crippen LogP contribution < -0.4 is 10.1 Å². The Kier molecular flexibility index (Phi) is 4.50. The van der Waals surface area contributed by atoms with E-state index in [1.165, 1.54) is 18.2 Å². The number of nitrogens with one attached hydrogen (secondary N) is 1. The van der Waals surface area contributed by atoms with Gasteiger partial charge in [0.25, 0.3) is 5.91 Å². The molecule has 1 amide bonds. The van der Waals surface area contributed by atoms with Gasteiger partial charge in [-0.2, -0.15) is 17.0 Å². The van der Waals surface area contributed by atoms with Gasteiger partial charge in [0.05, 0.1) is 6.07 Å². The van der Waals surface area contributed by atoms with E-state index < -0.39 is 17.5 Å². The molecule has 1 saturated heterocycles. The van der Waals surface area contributed by atoms with E-state index in [4.69, 9.17) is 4.74 Å². The largest absolute Gasteiger partial charge is 0.481 e. The van der Waals surface area contributed by atoms with Crippen LogP contribution in [-0.4, -0.2) is 29.1 Å². The molecule has 0 spiro atoms. The highest BCUT2D eigenvalue weighted by atomic mass is 32.2. The van der Waals surface area contributed by atoms with Crippen molar-refractivity contribution in [2.45, 2.75) is 25.0 Å². The Morgan fingerprint density at radius 1 is 1.65 bits per heavy atom. The first-order chi connectivity index (χ1) is 9.54. The molecule has 1 fully saturated rings. The molecule has 0 aliphatic carbocycles. The molecule has 1 aromatic rings. The van der Waals surface area contributed by atoms with Crippen molar-refractivity contribution in [3.63, 3.8) is 0 Å². The number of thioether (sulfide) groups is 1. The summed E-state index contributed by atoms with van der Waals surface area (Å²) in [4.78, 5) is 12.1. The maximum Gasteiger partial charge on any atom is 0.262 e. The van der Waals surface area contributed by atoms with Gasteiger partial charge in [0, 0.05) is 11.8 Å². The van der Waals surface area contributed by atoms with Crippen LogP contribution in [0.2, 0.25) is 0 Å². The van der Waals surface area contributed by atoms with E-state index in [1.807, 2.05) is 0 Å². The quantitative estimate of drug-likeness (QED) is 0.924. The second-order valence-electron chi connectivity index (χ2n) is 4.70. The predicted octanol–water partition coefficient (Wildman–Crippen LogP) is 2.11. The molecule has 20 heavy (non-hydrogen) atoms. The zero-order valence-corrected chi connectivity index (χ0v) is 11.9. The topological polar surface area (TPSA) is 62.1 Å². The third-order valence-electron chi connectivity index (χ3n) is 3.08. The number of rotatable bonds is 4. The third kappa shape index (κ3) is 3.42. The summed E-state index contributed by atoms with van der Waals surface area (Å²) in [6.07, 6.45) is -0.153. The highest BCUT2D eigenvalue weighted by Gasteiger charge is 2.37. The SMILES string of the molecule is CC(Oc1cccc(F)c1)C(=O)NC1(C#N)CCSC1. The first kappa shape index (κ1) is 14.7. The highest BCUT2D eigenvalue weighted by molar-refractivity contribution is 7.99. The zero-order valence-electron chi connectivity index (χ0n) is 11.1. The average Bonchev–Trinajstić information content (AvgIpc) is 2.88. The molecular weight excluding hydrogens is 279 g/mol. The summed E-state index contributed by atoms with van der Waals surface area (Å²) in [6.45, 7) is 1.58. The first-order valence-electron chi connectivity index (χ1n) is 6.28. The Hall–Kier alpha value is -1.74. The molecule has 6 heteroatoms. The van der Waals surface area contributed by atoms with Crippen LogP contribution in [0.4, 0.5) is 4.39 Å². The van der Waals surface area contributed by atoms with Crippen LogP contribution in [0.5, 0.6) is 5.75 Å². The van der Waals surface area contributed by atoms with Crippen LogP contribution in [-0.2, 0) is 4.79 Å². The minimum Gasteiger partial charge on any atom is -0.481 e. The lowest BCUT2D eigenvalue weighted by Crippen LogP contribution is -2.51. The van der Waals surface area contributed by atoms with E-state index in [0.29, 0.717) is 17.9 Å². The second-order valence-corrected chi connectivity index (χ2v) is 5.81. The lowest BCUT2D eigenvalue weighted by Gasteiger charge is -2.24. The van der Waals surface area contributed by atoms with E-state index in [2.05, 4.69) is 11.4 Å². The molecule has 1 N–H and O–H groups in total. The molecule has 2 atom stereocenters. The number of hydrogen-bond donors (Lipinski definition) is 1. The summed E-state index contributed by atoms with van der Waals surface area (Å²) in [5.74, 6) is 0.947. The van der Waals surface area contributed by atoms with Crippen LogP contribution >= 0.6 is 11.8 Å². The number of carbonyl (C=O) groups is 1. The van der Waals surface area contributed by atoms with Gasteiger partial charge in [0.2, 0.25) is 0 Å². The Balaban J connectivity index is 1.97. The molecule has 1 aliphatic heterocycles. The van der Waals surface area contributed by atoms with Crippen molar-refractivity contribution in [3.05, 3.63) is 30.1 Å². The van der Waals surface area contributed by atoms with Crippen LogP contribution in [0.15, 0.2) is 24.3 Å². The standard InChI is InChI=1S/C14H15FN2O2S/c1-10(19-12-4-2-3-11(15)7-12)13(18)17-14(8-16)5-6-20-9-14/h2-4,7,10H,5-6,9H2,1H3,(H,17,18). The van der Waals surface area contributed by atoms with Crippen molar-refractivity contribution in [2.24, 2.45) is 0 Å². The number of halogens is 1. The molecule has 1 aliphatic rings. The van der Waals surface area contributed by atoms with Crippen molar-refractivity contribution >= 4 is 17.7 Å². The second kappa shape index (κ2) is 6.14. The van der Waals surface area contributed by atoms with Gasteiger partial charge >= 0.3 is 0 Å². The van der Waals surface area contributed by atoms with Gasteiger partial charge in [-0.25, -0.2) is 4.39 Å². The molecule has 1 aromatic carbocycles. The van der Waals surface area contributed by atoms with Crippen molar-refractivity contribution < 1.29 is 13.9 Å². The monoisotopic (exact) mass is 294 g/mol. The van der Waals surface area contributed by atoms with E-state index in [0.717, 1.165) is 5.75 Å². The molecule has 0 aromatic heterocycles. The zero-order chi connectivity index (χ0) is 14.6. The van der Waals surface area contributed by atoms with Gasteiger partial charge < -0.3 is 10.1 Å². The molecule has 106 valence electrons. The van der Waals surface area contributed by atoms with Crippen molar-refractivity contribution in [2.75, 3.05) is 11.5 Å². The number of nitrogens with zero attached hydrogens (tertiary/aromatic N) is 1. The fraction of sp³-hybridized carbons (Fsp3) is 0.429. The summed E-state index contributed by atoms with van der Waals surface area (Å²) in [5.41, 5.74) is -0.804. The predicted molar refractivity (Wildman–Crippen MR) is 74.9 cm³/mol. The van der Waals surface area contributed by atoms with Gasteiger partial charge in [0.1, 0.15) is 17.1 Å². The van der Waals surface area contributed by atoms with Crippen molar-refractivity contribution in [1.82, 2.24) is 5.32 Å². The van der Waals surface area contributed by atoms with E-state index >= 15 is 0 Å². The smallest absolute Gasteiger partial charge is 0.262 e. The Bertz CT molecular complexity index is 538. The lowest BCUT2D eigenvalue weighted by atomic mass is 10.0. The number of nitriles is 1. The minimum atomic E-state index is -0.804. The average molecular weight is 294 g/mol. The van der Waals surface area contributed by atoms with Crippen molar-refractivity contribution in [3.8, 4) is 11.8 Å². The summed E-state index contributed by atoms with van der Waals surface area (Å²) in [7, 11) is 0. The van der Waals surface area contributed by atoms with Gasteiger partial charge in [-0.3, -0.25) is 4.79 Å². The number of benzene rings is 1. The molecule has 4 nitrogen and oxygen atoms in total. The fourth-order valence-electron chi connectivity index (χ4n) is 1.92. The van der Waals surface area contributed by atoms with Gasteiger partial charge in [-0.15, -0.1) is 0 Å². The van der Waals surface area contributed by atoms with Crippen LogP contribution in [0.3, 0.4) is 0 Å². The molecular formula is C14H15FN2O2S. The van der Waals surface area contributed by atoms with Crippen LogP contribution in [0, 0.1) is 17.1 Å². The summed E-state index contributed by atoms with van der Waals surface area (Å²) >= 11 is 1.64. The Morgan fingerprint density at radius 2 is 2.45 bits per heavy atom. The van der Waals surface area contributed by atoms with E-state index in [1.54, 1.807) is 24.8 Å². The summed E-state index contributed by atoms with van der Waals surface area (Å²) < 4.78 is 18.4. The highest BCUT2D eigenvalue weighted by Crippen LogP contribution is 2.27. The van der Waals surface area contributed by atoms with Gasteiger partial charge in [-0.1, -0.05) is 6.07 Å². The van der Waals surface area contributed by atoms with E-state index in [9.17, 15) is 14.4 Å². The third-order valence-corrected chi connectivity index (χ3v) is 4.27. The Labute approximate surface area is 121 Å². The maximum atomic E-state index is 13.0. The Morgan fingerprint density at radius 3 is 3.05 bits per heavy atom. The normalized spacial score (nSPS) is 22.9. The van der Waals surface area contributed by atoms with Crippen LogP contribution in [0.1, 0.15) is 13.3 Å². The van der Waals surface area contributed by atoms with Gasteiger partial charge in [-0.05, 0) is 31.2 Å². The summed E-state index contributed by atoms with van der Waals surface area (Å²) in [6, 6.07) is 7.78. The molecule has 2 unspecified atom stereocenters. The molecule has 1 heterocycles. The molecule has 0 bridgehead atoms. The molecule has 0 radical (unpaired) electrons. The van der Waals surface area contributed by atoms with Crippen molar-refractivity contribution in [1.29, 1.82) is 5.26 Å². The molecule has 2 rings (SSSR count).